The molecule has 0 aromatic heterocycles. The lowest BCUT2D eigenvalue weighted by Gasteiger charge is -2.10. The van der Waals surface area contributed by atoms with Gasteiger partial charge >= 0.3 is 0 Å². The van der Waals surface area contributed by atoms with Crippen LogP contribution in [-0.2, 0) is 0 Å². The van der Waals surface area contributed by atoms with E-state index >= 15 is 0 Å². The van der Waals surface area contributed by atoms with Gasteiger partial charge < -0.3 is 10.1 Å². The lowest BCUT2D eigenvalue weighted by molar-refractivity contribution is 0.332. The maximum absolute atomic E-state index is 6.06. The molecule has 0 saturated carbocycles. The van der Waals surface area contributed by atoms with Gasteiger partial charge in [-0.1, -0.05) is 35.3 Å². The van der Waals surface area contributed by atoms with Crippen LogP contribution in [0.5, 0.6) is 5.75 Å². The third-order valence-electron chi connectivity index (χ3n) is 2.61. The third kappa shape index (κ3) is 4.34. The van der Waals surface area contributed by atoms with E-state index in [1.807, 2.05) is 37.3 Å². The molecule has 0 fully saturated rings. The van der Waals surface area contributed by atoms with Crippen molar-refractivity contribution >= 4 is 28.9 Å². The molecule has 4 heteroatoms. The highest BCUT2D eigenvalue weighted by atomic mass is 35.5. The molecular formula is C15H15Cl2NO. The number of halogens is 2. The zero-order valence-corrected chi connectivity index (χ0v) is 12.1. The van der Waals surface area contributed by atoms with E-state index in [1.54, 1.807) is 12.1 Å². The van der Waals surface area contributed by atoms with Gasteiger partial charge in [-0.2, -0.15) is 0 Å². The van der Waals surface area contributed by atoms with Crippen LogP contribution in [0.4, 0.5) is 5.69 Å². The van der Waals surface area contributed by atoms with E-state index in [9.17, 15) is 0 Å². The molecule has 1 N–H and O–H groups in total. The maximum atomic E-state index is 6.06. The molecule has 0 bridgehead atoms. The number of benzene rings is 2. The maximum Gasteiger partial charge on any atom is 0.119 e. The fraction of sp³-hybridized carbons (Fsp3) is 0.200. The van der Waals surface area contributed by atoms with Crippen molar-refractivity contribution in [2.75, 3.05) is 18.5 Å². The first kappa shape index (κ1) is 14.0. The van der Waals surface area contributed by atoms with Crippen molar-refractivity contribution in [2.45, 2.75) is 6.92 Å². The first-order valence-electron chi connectivity index (χ1n) is 6.03. The predicted octanol–water partition coefficient (Wildman–Crippen LogP) is 4.79. The lowest BCUT2D eigenvalue weighted by atomic mass is 10.2. The number of aryl methyl sites for hydroxylation is 1. The standard InChI is InChI=1S/C15H15Cl2NO/c1-11-3-2-4-13(9-11)19-8-7-18-15-6-5-12(16)10-14(15)17/h2-6,9-10,18H,7-8H2,1H3. The minimum absolute atomic E-state index is 0.572. The van der Waals surface area contributed by atoms with E-state index in [1.165, 1.54) is 5.56 Å². The van der Waals surface area contributed by atoms with E-state index in [4.69, 9.17) is 27.9 Å². The molecule has 0 aliphatic heterocycles. The van der Waals surface area contributed by atoms with Gasteiger partial charge in [0.1, 0.15) is 12.4 Å². The molecule has 2 aromatic rings. The molecule has 19 heavy (non-hydrogen) atoms. The Kier molecular flexibility index (Phi) is 4.94. The Hall–Kier alpha value is -1.38. The highest BCUT2D eigenvalue weighted by Crippen LogP contribution is 2.25. The van der Waals surface area contributed by atoms with Crippen LogP contribution in [0.25, 0.3) is 0 Å². The molecule has 0 aliphatic rings. The summed E-state index contributed by atoms with van der Waals surface area (Å²) in [7, 11) is 0. The summed E-state index contributed by atoms with van der Waals surface area (Å²) in [6, 6.07) is 13.4. The van der Waals surface area contributed by atoms with Crippen LogP contribution < -0.4 is 10.1 Å². The molecule has 0 radical (unpaired) electrons. The van der Waals surface area contributed by atoms with Crippen molar-refractivity contribution in [2.24, 2.45) is 0 Å². The Morgan fingerprint density at radius 2 is 1.95 bits per heavy atom. The molecule has 100 valence electrons. The van der Waals surface area contributed by atoms with Gasteiger partial charge in [0.25, 0.3) is 0 Å². The Labute approximate surface area is 123 Å². The number of ether oxygens (including phenoxy) is 1. The minimum Gasteiger partial charge on any atom is -0.492 e. The number of nitrogens with one attached hydrogen (secondary N) is 1. The van der Waals surface area contributed by atoms with Gasteiger partial charge in [-0.15, -0.1) is 0 Å². The average Bonchev–Trinajstić information content (AvgIpc) is 2.37. The normalized spacial score (nSPS) is 10.3. The quantitative estimate of drug-likeness (QED) is 0.801. The summed E-state index contributed by atoms with van der Waals surface area (Å²) < 4.78 is 5.64. The van der Waals surface area contributed by atoms with Gasteiger partial charge in [0.15, 0.2) is 0 Å². The van der Waals surface area contributed by atoms with E-state index in [2.05, 4.69) is 5.32 Å². The van der Waals surface area contributed by atoms with Crippen LogP contribution in [0, 0.1) is 6.92 Å². The van der Waals surface area contributed by atoms with Crippen LogP contribution in [0.15, 0.2) is 42.5 Å². The Bertz CT molecular complexity index is 558. The third-order valence-corrected chi connectivity index (χ3v) is 3.15. The fourth-order valence-electron chi connectivity index (χ4n) is 1.69. The second-order valence-electron chi connectivity index (χ2n) is 4.22. The van der Waals surface area contributed by atoms with Crippen LogP contribution >= 0.6 is 23.2 Å². The summed E-state index contributed by atoms with van der Waals surface area (Å²) in [5, 5.41) is 4.45. The van der Waals surface area contributed by atoms with Gasteiger partial charge in [-0.05, 0) is 42.8 Å². The Morgan fingerprint density at radius 1 is 1.11 bits per heavy atom. The summed E-state index contributed by atoms with van der Waals surface area (Å²) in [5.41, 5.74) is 2.05. The van der Waals surface area contributed by atoms with Crippen LogP contribution in [0.3, 0.4) is 0 Å². The highest BCUT2D eigenvalue weighted by molar-refractivity contribution is 6.36. The minimum atomic E-state index is 0.572. The van der Waals surface area contributed by atoms with E-state index in [0.717, 1.165) is 11.4 Å². The van der Waals surface area contributed by atoms with Crippen molar-refractivity contribution in [3.8, 4) is 5.75 Å². The van der Waals surface area contributed by atoms with Crippen molar-refractivity contribution in [3.63, 3.8) is 0 Å². The van der Waals surface area contributed by atoms with Crippen LogP contribution in [-0.4, -0.2) is 13.2 Å². The predicted molar refractivity (Wildman–Crippen MR) is 81.6 cm³/mol. The zero-order valence-electron chi connectivity index (χ0n) is 10.6. The van der Waals surface area contributed by atoms with Crippen LogP contribution in [0.2, 0.25) is 10.0 Å². The van der Waals surface area contributed by atoms with Crippen molar-refractivity contribution < 1.29 is 4.74 Å². The summed E-state index contributed by atoms with van der Waals surface area (Å²) >= 11 is 11.9. The Morgan fingerprint density at radius 3 is 2.68 bits per heavy atom. The SMILES string of the molecule is Cc1cccc(OCCNc2ccc(Cl)cc2Cl)c1. The smallest absolute Gasteiger partial charge is 0.119 e. The highest BCUT2D eigenvalue weighted by Gasteiger charge is 2.00. The molecule has 0 spiro atoms. The van der Waals surface area contributed by atoms with Gasteiger partial charge in [-0.3, -0.25) is 0 Å². The van der Waals surface area contributed by atoms with Gasteiger partial charge in [0.05, 0.1) is 10.7 Å². The van der Waals surface area contributed by atoms with Gasteiger partial charge in [0, 0.05) is 11.6 Å². The van der Waals surface area contributed by atoms with Crippen molar-refractivity contribution in [1.29, 1.82) is 0 Å². The molecule has 0 heterocycles. The average molecular weight is 296 g/mol. The summed E-state index contributed by atoms with van der Waals surface area (Å²) in [6.07, 6.45) is 0. The largest absolute Gasteiger partial charge is 0.492 e. The second-order valence-corrected chi connectivity index (χ2v) is 5.06. The zero-order chi connectivity index (χ0) is 13.7. The number of anilines is 1. The first-order chi connectivity index (χ1) is 9.15. The Balaban J connectivity index is 1.81. The van der Waals surface area contributed by atoms with Crippen molar-refractivity contribution in [1.82, 2.24) is 0 Å². The molecule has 2 rings (SSSR count). The molecule has 2 nitrogen and oxygen atoms in total. The van der Waals surface area contributed by atoms with Gasteiger partial charge in [0.2, 0.25) is 0 Å². The topological polar surface area (TPSA) is 21.3 Å². The van der Waals surface area contributed by atoms with Gasteiger partial charge in [-0.25, -0.2) is 0 Å². The molecule has 0 aliphatic carbocycles. The van der Waals surface area contributed by atoms with E-state index < -0.39 is 0 Å². The second kappa shape index (κ2) is 6.69. The molecule has 0 unspecified atom stereocenters. The fourth-order valence-corrected chi connectivity index (χ4v) is 2.17. The monoisotopic (exact) mass is 295 g/mol. The number of hydrogen-bond acceptors (Lipinski definition) is 2. The van der Waals surface area contributed by atoms with Crippen molar-refractivity contribution in [3.05, 3.63) is 58.1 Å². The molecule has 0 amide bonds. The van der Waals surface area contributed by atoms with E-state index in [0.29, 0.717) is 23.2 Å². The molecule has 2 aromatic carbocycles. The summed E-state index contributed by atoms with van der Waals surface area (Å²) in [5.74, 6) is 0.879. The molecule has 0 saturated heterocycles. The van der Waals surface area contributed by atoms with Crippen LogP contribution in [0.1, 0.15) is 5.56 Å². The van der Waals surface area contributed by atoms with E-state index in [-0.39, 0.29) is 0 Å². The summed E-state index contributed by atoms with van der Waals surface area (Å²) in [6.45, 7) is 3.29. The number of rotatable bonds is 5. The number of hydrogen-bond donors (Lipinski definition) is 1. The molecular weight excluding hydrogens is 281 g/mol. The first-order valence-corrected chi connectivity index (χ1v) is 6.79. The summed E-state index contributed by atoms with van der Waals surface area (Å²) in [4.78, 5) is 0. The molecule has 0 atom stereocenters. The lowest BCUT2D eigenvalue weighted by Crippen LogP contribution is -2.11.